The molecular formula is C20H18F2N2O6S. The molecule has 0 aliphatic carbocycles. The zero-order valence-electron chi connectivity index (χ0n) is 16.5. The molecule has 8 nitrogen and oxygen atoms in total. The van der Waals surface area contributed by atoms with Crippen molar-refractivity contribution in [1.82, 2.24) is 10.5 Å². The van der Waals surface area contributed by atoms with E-state index < -0.39 is 26.4 Å². The maximum absolute atomic E-state index is 12.9. The van der Waals surface area contributed by atoms with E-state index in [0.717, 1.165) is 12.1 Å². The predicted molar refractivity (Wildman–Crippen MR) is 106 cm³/mol. The Hall–Kier alpha value is -3.47. The molecule has 1 N–H and O–H groups in total. The quantitative estimate of drug-likeness (QED) is 0.559. The Morgan fingerprint density at radius 1 is 1.10 bits per heavy atom. The van der Waals surface area contributed by atoms with Crippen LogP contribution in [-0.2, 0) is 16.4 Å². The molecular weight excluding hydrogens is 434 g/mol. The fourth-order valence-corrected chi connectivity index (χ4v) is 3.71. The van der Waals surface area contributed by atoms with Gasteiger partial charge in [0, 0.05) is 11.6 Å². The van der Waals surface area contributed by atoms with E-state index in [1.165, 1.54) is 26.4 Å². The summed E-state index contributed by atoms with van der Waals surface area (Å²) in [5.74, 6) is -3.05. The molecule has 11 heteroatoms. The highest BCUT2D eigenvalue weighted by Crippen LogP contribution is 2.32. The summed E-state index contributed by atoms with van der Waals surface area (Å²) < 4.78 is 65.1. The van der Waals surface area contributed by atoms with Gasteiger partial charge in [-0.25, -0.2) is 8.42 Å². The lowest BCUT2D eigenvalue weighted by Crippen LogP contribution is -2.26. The number of benzene rings is 2. The van der Waals surface area contributed by atoms with Gasteiger partial charge in [0.2, 0.25) is 9.84 Å². The van der Waals surface area contributed by atoms with Crippen molar-refractivity contribution >= 4 is 15.7 Å². The van der Waals surface area contributed by atoms with E-state index >= 15 is 0 Å². The van der Waals surface area contributed by atoms with Crippen molar-refractivity contribution < 1.29 is 36.0 Å². The second-order valence-electron chi connectivity index (χ2n) is 6.24. The number of ether oxygens (including phenoxy) is 2. The van der Waals surface area contributed by atoms with E-state index in [1.54, 1.807) is 24.3 Å². The third-order valence-corrected chi connectivity index (χ3v) is 5.77. The molecule has 0 atom stereocenters. The largest absolute Gasteiger partial charge is 0.493 e. The number of methoxy groups -OCH3 is 2. The van der Waals surface area contributed by atoms with Crippen molar-refractivity contribution in [1.29, 1.82) is 0 Å². The molecule has 0 bridgehead atoms. The van der Waals surface area contributed by atoms with Gasteiger partial charge in [-0.3, -0.25) is 4.79 Å². The molecule has 0 saturated carbocycles. The molecule has 0 spiro atoms. The van der Waals surface area contributed by atoms with Gasteiger partial charge in [-0.15, -0.1) is 0 Å². The number of sulfone groups is 1. The molecule has 31 heavy (non-hydrogen) atoms. The first-order chi connectivity index (χ1) is 14.8. The van der Waals surface area contributed by atoms with E-state index in [1.807, 2.05) is 0 Å². The maximum Gasteiger partial charge on any atom is 0.341 e. The van der Waals surface area contributed by atoms with Gasteiger partial charge in [0.1, 0.15) is 5.69 Å². The van der Waals surface area contributed by atoms with E-state index in [0.29, 0.717) is 28.5 Å². The van der Waals surface area contributed by atoms with Crippen LogP contribution in [0.3, 0.4) is 0 Å². The summed E-state index contributed by atoms with van der Waals surface area (Å²) in [4.78, 5) is 11.7. The van der Waals surface area contributed by atoms with Crippen LogP contribution in [0, 0.1) is 0 Å². The summed E-state index contributed by atoms with van der Waals surface area (Å²) in [5.41, 5.74) is 0.606. The normalized spacial score (nSPS) is 11.4. The number of carbonyl (C=O) groups excluding carboxylic acids is 1. The van der Waals surface area contributed by atoms with Gasteiger partial charge in [0.25, 0.3) is 5.91 Å². The Balaban J connectivity index is 1.76. The van der Waals surface area contributed by atoms with E-state index in [4.69, 9.17) is 14.0 Å². The van der Waals surface area contributed by atoms with Crippen LogP contribution in [0.25, 0.3) is 11.3 Å². The van der Waals surface area contributed by atoms with Crippen LogP contribution in [0.1, 0.15) is 16.1 Å². The molecule has 0 saturated heterocycles. The van der Waals surface area contributed by atoms with Crippen LogP contribution < -0.4 is 14.8 Å². The van der Waals surface area contributed by atoms with E-state index in [2.05, 4.69) is 10.5 Å². The Kier molecular flexibility index (Phi) is 6.54. The molecule has 1 aromatic heterocycles. The molecule has 0 radical (unpaired) electrons. The molecule has 1 heterocycles. The minimum Gasteiger partial charge on any atom is -0.493 e. The van der Waals surface area contributed by atoms with Crippen LogP contribution in [0.4, 0.5) is 8.78 Å². The van der Waals surface area contributed by atoms with Crippen LogP contribution in [0.2, 0.25) is 0 Å². The first-order valence-electron chi connectivity index (χ1n) is 8.85. The summed E-state index contributed by atoms with van der Waals surface area (Å²) in [6, 6.07) is 11.4. The smallest absolute Gasteiger partial charge is 0.341 e. The Morgan fingerprint density at radius 2 is 1.81 bits per heavy atom. The average Bonchev–Trinajstić information content (AvgIpc) is 3.25. The second kappa shape index (κ2) is 9.13. The Bertz CT molecular complexity index is 1190. The monoisotopic (exact) mass is 452 g/mol. The number of hydrogen-bond donors (Lipinski definition) is 1. The summed E-state index contributed by atoms with van der Waals surface area (Å²) in [6.45, 7) is -0.112. The summed E-state index contributed by atoms with van der Waals surface area (Å²) >= 11 is 0. The van der Waals surface area contributed by atoms with Gasteiger partial charge < -0.3 is 19.3 Å². The van der Waals surface area contributed by atoms with Crippen molar-refractivity contribution in [2.45, 2.75) is 17.2 Å². The van der Waals surface area contributed by atoms with Crippen LogP contribution >= 0.6 is 0 Å². The number of rotatable bonds is 8. The predicted octanol–water partition coefficient (Wildman–Crippen LogP) is 3.29. The first kappa shape index (κ1) is 22.2. The van der Waals surface area contributed by atoms with Crippen molar-refractivity contribution in [3.05, 3.63) is 59.8 Å². The standard InChI is InChI=1S/C20H18F2N2O6S/c1-28-15-8-7-12(9-17(15)29-2)16-10-13(24-30-16)11-23-19(25)14-5-3-4-6-18(14)31(26,27)20(21)22/h3-10,20H,11H2,1-2H3,(H,23,25). The average molecular weight is 452 g/mol. The third-order valence-electron chi connectivity index (χ3n) is 4.33. The van der Waals surface area contributed by atoms with Gasteiger partial charge in [-0.05, 0) is 30.3 Å². The van der Waals surface area contributed by atoms with Crippen molar-refractivity contribution in [3.8, 4) is 22.8 Å². The minimum absolute atomic E-state index is 0.112. The number of hydrogen-bond acceptors (Lipinski definition) is 7. The highest BCUT2D eigenvalue weighted by Gasteiger charge is 2.30. The number of nitrogens with zero attached hydrogens (tertiary/aromatic N) is 1. The molecule has 3 rings (SSSR count). The number of alkyl halides is 2. The summed E-state index contributed by atoms with van der Waals surface area (Å²) in [6.07, 6.45) is 0. The summed E-state index contributed by atoms with van der Waals surface area (Å²) in [5, 5.41) is 6.31. The maximum atomic E-state index is 12.9. The zero-order valence-corrected chi connectivity index (χ0v) is 17.3. The van der Waals surface area contributed by atoms with Gasteiger partial charge in [0.15, 0.2) is 17.3 Å². The second-order valence-corrected chi connectivity index (χ2v) is 8.12. The van der Waals surface area contributed by atoms with Crippen LogP contribution in [0.15, 0.2) is 57.9 Å². The van der Waals surface area contributed by atoms with E-state index in [-0.39, 0.29) is 12.1 Å². The Labute approximate surface area is 176 Å². The van der Waals surface area contributed by atoms with Crippen molar-refractivity contribution in [2.75, 3.05) is 14.2 Å². The lowest BCUT2D eigenvalue weighted by atomic mass is 10.1. The van der Waals surface area contributed by atoms with Gasteiger partial charge >= 0.3 is 5.76 Å². The third kappa shape index (κ3) is 4.66. The zero-order chi connectivity index (χ0) is 22.6. The lowest BCUT2D eigenvalue weighted by Gasteiger charge is -2.09. The van der Waals surface area contributed by atoms with Gasteiger partial charge in [-0.1, -0.05) is 17.3 Å². The number of nitrogens with one attached hydrogen (secondary N) is 1. The van der Waals surface area contributed by atoms with E-state index in [9.17, 15) is 22.0 Å². The SMILES string of the molecule is COc1ccc(-c2cc(CNC(=O)c3ccccc3S(=O)(=O)C(F)F)no2)cc1OC. The number of halogens is 2. The number of carbonyl (C=O) groups is 1. The molecule has 0 unspecified atom stereocenters. The van der Waals surface area contributed by atoms with Crippen molar-refractivity contribution in [2.24, 2.45) is 0 Å². The lowest BCUT2D eigenvalue weighted by molar-refractivity contribution is 0.0946. The highest BCUT2D eigenvalue weighted by molar-refractivity contribution is 7.91. The fourth-order valence-electron chi connectivity index (χ4n) is 2.79. The molecule has 0 fully saturated rings. The molecule has 0 aliphatic rings. The topological polar surface area (TPSA) is 108 Å². The summed E-state index contributed by atoms with van der Waals surface area (Å²) in [7, 11) is -1.92. The first-order valence-corrected chi connectivity index (χ1v) is 10.4. The fraction of sp³-hybridized carbons (Fsp3) is 0.200. The van der Waals surface area contributed by atoms with Gasteiger partial charge in [-0.2, -0.15) is 8.78 Å². The minimum atomic E-state index is -4.93. The van der Waals surface area contributed by atoms with Crippen LogP contribution in [-0.4, -0.2) is 39.5 Å². The number of aromatic nitrogens is 1. The molecule has 2 aromatic carbocycles. The molecule has 0 aliphatic heterocycles. The molecule has 3 aromatic rings. The number of amides is 1. The van der Waals surface area contributed by atoms with Gasteiger partial charge in [0.05, 0.1) is 31.2 Å². The highest BCUT2D eigenvalue weighted by atomic mass is 32.2. The Morgan fingerprint density at radius 3 is 2.48 bits per heavy atom. The van der Waals surface area contributed by atoms with Crippen LogP contribution in [0.5, 0.6) is 11.5 Å². The molecule has 164 valence electrons. The van der Waals surface area contributed by atoms with Crippen molar-refractivity contribution in [3.63, 3.8) is 0 Å². The molecule has 1 amide bonds.